The van der Waals surface area contributed by atoms with Crippen LogP contribution in [0.15, 0.2) is 39.5 Å². The molecule has 0 atom stereocenters. The number of rotatable bonds is 4. The second-order valence-corrected chi connectivity index (χ2v) is 6.79. The summed E-state index contributed by atoms with van der Waals surface area (Å²) in [7, 11) is 0. The molecule has 2 aromatic heterocycles. The van der Waals surface area contributed by atoms with Crippen molar-refractivity contribution in [1.82, 2.24) is 9.55 Å². The van der Waals surface area contributed by atoms with Gasteiger partial charge in [-0.3, -0.25) is 4.79 Å². The lowest BCUT2D eigenvalue weighted by atomic mass is 10.1. The third-order valence-electron chi connectivity index (χ3n) is 3.26. The lowest BCUT2D eigenvalue weighted by Crippen LogP contribution is -2.09. The van der Waals surface area contributed by atoms with Crippen molar-refractivity contribution in [2.24, 2.45) is 0 Å². The van der Waals surface area contributed by atoms with E-state index in [1.807, 2.05) is 35.7 Å². The van der Waals surface area contributed by atoms with Gasteiger partial charge in [-0.2, -0.15) is 0 Å². The van der Waals surface area contributed by atoms with Gasteiger partial charge in [-0.1, -0.05) is 12.1 Å². The zero-order valence-corrected chi connectivity index (χ0v) is 13.4. The number of carbonyl (C=O) groups excluding carboxylic acids is 1. The number of para-hydroxylation sites is 2. The fourth-order valence-electron chi connectivity index (χ4n) is 2.32. The number of benzene rings is 1. The molecular weight excluding hydrogens is 336 g/mol. The van der Waals surface area contributed by atoms with Gasteiger partial charge in [0, 0.05) is 17.5 Å². The predicted molar refractivity (Wildman–Crippen MR) is 85.5 cm³/mol. The number of Topliss-reactive ketones (excluding diaryl/α,β-unsaturated/α-hetero) is 1. The quantitative estimate of drug-likeness (QED) is 0.658. The number of hydrogen-bond acceptors (Lipinski definition) is 3. The predicted octanol–water partition coefficient (Wildman–Crippen LogP) is 4.31. The summed E-state index contributed by atoms with van der Waals surface area (Å²) in [5.41, 5.74) is 2.78. The summed E-state index contributed by atoms with van der Waals surface area (Å²) in [6.07, 6.45) is 0.339. The van der Waals surface area contributed by atoms with Gasteiger partial charge < -0.3 is 4.57 Å². The van der Waals surface area contributed by atoms with Crippen molar-refractivity contribution >= 4 is 44.1 Å². The molecule has 0 amide bonds. The molecule has 3 rings (SSSR count). The van der Waals surface area contributed by atoms with Crippen molar-refractivity contribution in [3.05, 3.63) is 50.9 Å². The van der Waals surface area contributed by atoms with E-state index in [4.69, 9.17) is 0 Å². The average molecular weight is 349 g/mol. The van der Waals surface area contributed by atoms with E-state index in [9.17, 15) is 4.79 Å². The molecule has 0 saturated heterocycles. The zero-order valence-electron chi connectivity index (χ0n) is 11.0. The molecule has 0 fully saturated rings. The van der Waals surface area contributed by atoms with Gasteiger partial charge in [0.15, 0.2) is 5.78 Å². The number of aryl methyl sites for hydroxylation is 1. The Balaban J connectivity index is 1.96. The fraction of sp³-hybridized carbons (Fsp3) is 0.200. The number of halogens is 1. The van der Waals surface area contributed by atoms with Gasteiger partial charge in [-0.05, 0) is 41.1 Å². The Morgan fingerprint density at radius 2 is 2.20 bits per heavy atom. The maximum absolute atomic E-state index is 12.3. The number of aromatic nitrogens is 2. The van der Waals surface area contributed by atoms with Crippen LogP contribution in [0.3, 0.4) is 0 Å². The van der Waals surface area contributed by atoms with Crippen LogP contribution in [0.1, 0.15) is 23.1 Å². The maximum Gasteiger partial charge on any atom is 0.171 e. The molecule has 20 heavy (non-hydrogen) atoms. The first-order chi connectivity index (χ1) is 9.69. The summed E-state index contributed by atoms with van der Waals surface area (Å²) in [5.74, 6) is 0.943. The molecule has 2 heterocycles. The van der Waals surface area contributed by atoms with Crippen LogP contribution in [0.25, 0.3) is 11.0 Å². The van der Waals surface area contributed by atoms with Gasteiger partial charge in [-0.25, -0.2) is 4.98 Å². The van der Waals surface area contributed by atoms with E-state index in [0.717, 1.165) is 32.8 Å². The number of hydrogen-bond donors (Lipinski definition) is 0. The minimum absolute atomic E-state index is 0.108. The Morgan fingerprint density at radius 3 is 2.90 bits per heavy atom. The van der Waals surface area contributed by atoms with Gasteiger partial charge in [0.05, 0.1) is 21.2 Å². The monoisotopic (exact) mass is 348 g/mol. The van der Waals surface area contributed by atoms with Crippen molar-refractivity contribution < 1.29 is 4.79 Å². The summed E-state index contributed by atoms with van der Waals surface area (Å²) in [6, 6.07) is 9.86. The summed E-state index contributed by atoms with van der Waals surface area (Å²) in [5, 5.41) is 1.88. The fourth-order valence-corrected chi connectivity index (χ4v) is 3.48. The number of fused-ring (bicyclic) bond motifs is 1. The second kappa shape index (κ2) is 5.50. The molecule has 0 aliphatic carbocycles. The van der Waals surface area contributed by atoms with Crippen LogP contribution in [0.4, 0.5) is 0 Å². The topological polar surface area (TPSA) is 34.9 Å². The van der Waals surface area contributed by atoms with Crippen molar-refractivity contribution in [2.45, 2.75) is 19.9 Å². The largest absolute Gasteiger partial charge is 0.328 e. The number of thiophene rings is 1. The van der Waals surface area contributed by atoms with Gasteiger partial charge in [-0.15, -0.1) is 11.3 Å². The van der Waals surface area contributed by atoms with E-state index in [2.05, 4.69) is 32.4 Å². The van der Waals surface area contributed by atoms with Crippen LogP contribution in [0, 0.1) is 0 Å². The molecule has 0 N–H and O–H groups in total. The third kappa shape index (κ3) is 2.43. The minimum Gasteiger partial charge on any atom is -0.328 e. The van der Waals surface area contributed by atoms with Crippen LogP contribution in [-0.2, 0) is 13.0 Å². The molecule has 0 saturated carbocycles. The van der Waals surface area contributed by atoms with E-state index in [1.54, 1.807) is 0 Å². The van der Waals surface area contributed by atoms with Gasteiger partial charge >= 0.3 is 0 Å². The van der Waals surface area contributed by atoms with Gasteiger partial charge in [0.25, 0.3) is 0 Å². The Kier molecular flexibility index (Phi) is 3.72. The molecule has 0 aliphatic heterocycles. The first-order valence-electron chi connectivity index (χ1n) is 6.40. The Morgan fingerprint density at radius 1 is 1.40 bits per heavy atom. The van der Waals surface area contributed by atoms with Crippen molar-refractivity contribution in [2.75, 3.05) is 0 Å². The molecular formula is C15H13BrN2OS. The van der Waals surface area contributed by atoms with Crippen LogP contribution in [0.2, 0.25) is 0 Å². The maximum atomic E-state index is 12.3. The Hall–Kier alpha value is -1.46. The Labute approximate surface area is 129 Å². The normalized spacial score (nSPS) is 11.1. The molecule has 3 nitrogen and oxygen atoms in total. The van der Waals surface area contributed by atoms with E-state index in [-0.39, 0.29) is 5.78 Å². The average Bonchev–Trinajstić information content (AvgIpc) is 3.01. The highest BCUT2D eigenvalue weighted by atomic mass is 79.9. The van der Waals surface area contributed by atoms with Crippen LogP contribution in [0.5, 0.6) is 0 Å². The van der Waals surface area contributed by atoms with E-state index < -0.39 is 0 Å². The molecule has 0 spiro atoms. The summed E-state index contributed by atoms with van der Waals surface area (Å²) in [6.45, 7) is 2.89. The lowest BCUT2D eigenvalue weighted by molar-refractivity contribution is 0.0990. The van der Waals surface area contributed by atoms with Crippen molar-refractivity contribution in [3.63, 3.8) is 0 Å². The molecule has 0 unspecified atom stereocenters. The van der Waals surface area contributed by atoms with Crippen LogP contribution in [-0.4, -0.2) is 15.3 Å². The van der Waals surface area contributed by atoms with E-state index >= 15 is 0 Å². The number of ketones is 1. The van der Waals surface area contributed by atoms with Crippen molar-refractivity contribution in [3.8, 4) is 0 Å². The van der Waals surface area contributed by atoms with Gasteiger partial charge in [0.1, 0.15) is 5.82 Å². The lowest BCUT2D eigenvalue weighted by Gasteiger charge is -2.04. The number of carbonyl (C=O) groups is 1. The number of imidazole rings is 1. The van der Waals surface area contributed by atoms with Crippen LogP contribution >= 0.6 is 27.3 Å². The molecule has 0 radical (unpaired) electrons. The minimum atomic E-state index is 0.108. The second-order valence-electron chi connectivity index (χ2n) is 4.50. The molecule has 1 aromatic carbocycles. The highest BCUT2D eigenvalue weighted by Crippen LogP contribution is 2.23. The first-order valence-corrected chi connectivity index (χ1v) is 8.07. The van der Waals surface area contributed by atoms with Gasteiger partial charge in [0.2, 0.25) is 0 Å². The Bertz CT molecular complexity index is 775. The first kappa shape index (κ1) is 13.5. The number of nitrogens with zero attached hydrogens (tertiary/aromatic N) is 2. The van der Waals surface area contributed by atoms with E-state index in [0.29, 0.717) is 6.42 Å². The standard InChI is InChI=1S/C15H13BrN2OS/c1-2-18-12-6-4-3-5-11(12)17-15(18)8-13(19)10-7-14(16)20-9-10/h3-7,9H,2,8H2,1H3. The SMILES string of the molecule is CCn1c(CC(=O)c2csc(Br)c2)nc2ccccc21. The molecule has 102 valence electrons. The highest BCUT2D eigenvalue weighted by Gasteiger charge is 2.15. The summed E-state index contributed by atoms with van der Waals surface area (Å²) < 4.78 is 3.08. The van der Waals surface area contributed by atoms with Crippen molar-refractivity contribution in [1.29, 1.82) is 0 Å². The third-order valence-corrected chi connectivity index (χ3v) is 4.76. The van der Waals surface area contributed by atoms with Crippen LogP contribution < -0.4 is 0 Å². The smallest absolute Gasteiger partial charge is 0.171 e. The summed E-state index contributed by atoms with van der Waals surface area (Å²) in [4.78, 5) is 16.9. The molecule has 0 bridgehead atoms. The zero-order chi connectivity index (χ0) is 14.1. The van der Waals surface area contributed by atoms with E-state index in [1.165, 1.54) is 11.3 Å². The summed E-state index contributed by atoms with van der Waals surface area (Å²) >= 11 is 4.91. The highest BCUT2D eigenvalue weighted by molar-refractivity contribution is 9.11. The molecule has 0 aliphatic rings. The molecule has 5 heteroatoms. The molecule has 3 aromatic rings.